The van der Waals surface area contributed by atoms with Crippen LogP contribution in [0.25, 0.3) is 0 Å². The third-order valence-electron chi connectivity index (χ3n) is 12.3. The zero-order chi connectivity index (χ0) is 48.1. The fraction of sp³-hybridized carbons (Fsp3) is 0.161. The molecule has 0 saturated carbocycles. The van der Waals surface area contributed by atoms with Gasteiger partial charge in [0, 0.05) is 5.41 Å². The number of benzene rings is 7. The minimum atomic E-state index is -0.804. The zero-order valence-corrected chi connectivity index (χ0v) is 38.8. The standard InChI is InChI=1S/C56H45ClN2O9/c1-55(2,3)35-13-19-38(20-14-35)66-41-25-26-44-45(32-41)53(63)59(52(44)62)48-28-12-34(29-33-11-27-47(46(57)30-33)58-50(60)42-9-7-8-10-43(42)51(58)61)31-49(48)67-39-21-15-36(16-22-39)56(4,5)37-17-23-40(24-18-37)68-54(64)65-6/h7-28,30-32H,29H2,1-6H3. The first-order valence-electron chi connectivity index (χ1n) is 21.9. The number of rotatable bonds is 11. The average molecular weight is 925 g/mol. The van der Waals surface area contributed by atoms with Gasteiger partial charge in [-0.15, -0.1) is 0 Å². The fourth-order valence-electron chi connectivity index (χ4n) is 8.39. The number of hydrogen-bond acceptors (Lipinski definition) is 9. The molecule has 0 atom stereocenters. The van der Waals surface area contributed by atoms with Crippen molar-refractivity contribution in [1.82, 2.24) is 0 Å². The Morgan fingerprint density at radius 3 is 1.53 bits per heavy atom. The van der Waals surface area contributed by atoms with Gasteiger partial charge in [0.1, 0.15) is 23.0 Å². The molecule has 2 aliphatic heterocycles. The molecule has 7 aromatic rings. The Hall–Kier alpha value is -8.02. The van der Waals surface area contributed by atoms with Gasteiger partial charge in [0.15, 0.2) is 5.75 Å². The van der Waals surface area contributed by atoms with Crippen LogP contribution in [-0.4, -0.2) is 36.9 Å². The maximum absolute atomic E-state index is 14.3. The number of ether oxygens (including phenoxy) is 4. The summed E-state index contributed by atoms with van der Waals surface area (Å²) in [6.07, 6.45) is -0.462. The van der Waals surface area contributed by atoms with Gasteiger partial charge in [-0.2, -0.15) is 0 Å². The van der Waals surface area contributed by atoms with E-state index >= 15 is 0 Å². The largest absolute Gasteiger partial charge is 0.513 e. The number of carbonyl (C=O) groups excluding carboxylic acids is 5. The van der Waals surface area contributed by atoms with Crippen molar-refractivity contribution in [3.8, 4) is 28.7 Å². The molecule has 4 amide bonds. The number of nitrogens with zero attached hydrogens (tertiary/aromatic N) is 2. The predicted molar refractivity (Wildman–Crippen MR) is 259 cm³/mol. The van der Waals surface area contributed by atoms with E-state index in [1.165, 1.54) is 7.11 Å². The van der Waals surface area contributed by atoms with Crippen LogP contribution < -0.4 is 24.0 Å². The van der Waals surface area contributed by atoms with Crippen molar-refractivity contribution in [2.24, 2.45) is 0 Å². The van der Waals surface area contributed by atoms with E-state index in [9.17, 15) is 24.0 Å². The van der Waals surface area contributed by atoms with Gasteiger partial charge in [-0.05, 0) is 131 Å². The van der Waals surface area contributed by atoms with E-state index in [1.54, 1.807) is 91.0 Å². The van der Waals surface area contributed by atoms with Crippen molar-refractivity contribution < 1.29 is 42.9 Å². The molecule has 11 nitrogen and oxygen atoms in total. The molecule has 0 bridgehead atoms. The minimum absolute atomic E-state index is 0.0327. The van der Waals surface area contributed by atoms with Crippen LogP contribution in [0, 0.1) is 0 Å². The van der Waals surface area contributed by atoms with Crippen molar-refractivity contribution in [3.63, 3.8) is 0 Å². The molecular weight excluding hydrogens is 880 g/mol. The molecule has 0 saturated heterocycles. The number of methoxy groups -OCH3 is 1. The molecular formula is C56H45ClN2O9. The van der Waals surface area contributed by atoms with Crippen LogP contribution in [0.15, 0.2) is 152 Å². The maximum atomic E-state index is 14.3. The first-order chi connectivity index (χ1) is 32.5. The Labute approximate surface area is 398 Å². The van der Waals surface area contributed by atoms with Gasteiger partial charge in [0.2, 0.25) is 0 Å². The molecule has 0 aliphatic carbocycles. The molecule has 0 radical (unpaired) electrons. The molecule has 0 unspecified atom stereocenters. The molecule has 0 N–H and O–H groups in total. The predicted octanol–water partition coefficient (Wildman–Crippen LogP) is 12.9. The second-order valence-corrected chi connectivity index (χ2v) is 18.5. The molecule has 0 aromatic heterocycles. The fourth-order valence-corrected chi connectivity index (χ4v) is 8.68. The summed E-state index contributed by atoms with van der Waals surface area (Å²) >= 11 is 6.78. The van der Waals surface area contributed by atoms with Crippen LogP contribution >= 0.6 is 11.6 Å². The second-order valence-electron chi connectivity index (χ2n) is 18.1. The molecule has 2 heterocycles. The SMILES string of the molecule is COC(=O)Oc1ccc(C(C)(C)c2ccc(Oc3cc(Cc4ccc(N5C(=O)c6ccccc6C5=O)c(Cl)c4)ccc3N3C(=O)c4ccc(Oc5ccc(C(C)(C)C)cc5)cc4C3=O)cc2)cc1. The van der Waals surface area contributed by atoms with Gasteiger partial charge in [0.25, 0.3) is 23.6 Å². The van der Waals surface area contributed by atoms with E-state index in [4.69, 9.17) is 25.8 Å². The van der Waals surface area contributed by atoms with E-state index in [0.717, 1.165) is 37.6 Å². The molecule has 340 valence electrons. The van der Waals surface area contributed by atoms with Gasteiger partial charge < -0.3 is 18.9 Å². The van der Waals surface area contributed by atoms with Crippen molar-refractivity contribution in [1.29, 1.82) is 0 Å². The van der Waals surface area contributed by atoms with E-state index in [1.807, 2.05) is 60.7 Å². The molecule has 7 aromatic carbocycles. The first kappa shape index (κ1) is 45.1. The molecule has 68 heavy (non-hydrogen) atoms. The lowest BCUT2D eigenvalue weighted by Gasteiger charge is -2.26. The number of amides is 4. The number of carbonyl (C=O) groups is 5. The Morgan fingerprint density at radius 2 is 0.971 bits per heavy atom. The number of halogens is 1. The average Bonchev–Trinajstić information content (AvgIpc) is 3.72. The van der Waals surface area contributed by atoms with Crippen molar-refractivity contribution >= 4 is 52.8 Å². The number of imide groups is 2. The monoisotopic (exact) mass is 924 g/mol. The van der Waals surface area contributed by atoms with E-state index in [-0.39, 0.29) is 38.7 Å². The van der Waals surface area contributed by atoms with Crippen molar-refractivity contribution in [2.75, 3.05) is 16.9 Å². The summed E-state index contributed by atoms with van der Waals surface area (Å²) in [6.45, 7) is 10.5. The highest BCUT2D eigenvalue weighted by Gasteiger charge is 2.40. The summed E-state index contributed by atoms with van der Waals surface area (Å²) in [7, 11) is 1.25. The van der Waals surface area contributed by atoms with Crippen molar-refractivity contribution in [2.45, 2.75) is 51.9 Å². The Kier molecular flexibility index (Phi) is 11.7. The molecule has 9 rings (SSSR count). The topological polar surface area (TPSA) is 129 Å². The van der Waals surface area contributed by atoms with E-state index in [0.29, 0.717) is 40.5 Å². The Morgan fingerprint density at radius 1 is 0.500 bits per heavy atom. The smallest absolute Gasteiger partial charge is 0.457 e. The molecule has 0 fully saturated rings. The van der Waals surface area contributed by atoms with Crippen LogP contribution in [0.4, 0.5) is 16.2 Å². The summed E-state index contributed by atoms with van der Waals surface area (Å²) < 4.78 is 22.5. The summed E-state index contributed by atoms with van der Waals surface area (Å²) in [5.41, 5.74) is 5.66. The summed E-state index contributed by atoms with van der Waals surface area (Å²) in [5.74, 6) is 0.103. The third kappa shape index (κ3) is 8.60. The van der Waals surface area contributed by atoms with Gasteiger partial charge in [-0.25, -0.2) is 14.6 Å². The van der Waals surface area contributed by atoms with Crippen LogP contribution in [0.1, 0.15) is 104 Å². The Bertz CT molecular complexity index is 3140. The highest BCUT2D eigenvalue weighted by Crippen LogP contribution is 2.42. The molecule has 0 spiro atoms. The maximum Gasteiger partial charge on any atom is 0.513 e. The zero-order valence-electron chi connectivity index (χ0n) is 38.1. The van der Waals surface area contributed by atoms with Gasteiger partial charge in [-0.1, -0.05) is 107 Å². The third-order valence-corrected chi connectivity index (χ3v) is 12.6. The lowest BCUT2D eigenvalue weighted by atomic mass is 9.78. The van der Waals surface area contributed by atoms with Crippen LogP contribution in [0.3, 0.4) is 0 Å². The van der Waals surface area contributed by atoms with Gasteiger partial charge >= 0.3 is 6.16 Å². The number of anilines is 2. The lowest BCUT2D eigenvalue weighted by Crippen LogP contribution is -2.29. The van der Waals surface area contributed by atoms with Crippen LogP contribution in [-0.2, 0) is 22.0 Å². The number of fused-ring (bicyclic) bond motifs is 2. The highest BCUT2D eigenvalue weighted by molar-refractivity contribution is 6.40. The minimum Gasteiger partial charge on any atom is -0.457 e. The molecule has 12 heteroatoms. The van der Waals surface area contributed by atoms with Crippen LogP contribution in [0.5, 0.6) is 28.7 Å². The first-order valence-corrected chi connectivity index (χ1v) is 22.2. The number of hydrogen-bond donors (Lipinski definition) is 0. The van der Waals surface area contributed by atoms with Crippen molar-refractivity contribution in [3.05, 3.63) is 207 Å². The highest BCUT2D eigenvalue weighted by atomic mass is 35.5. The van der Waals surface area contributed by atoms with Crippen LogP contribution in [0.2, 0.25) is 5.02 Å². The molecule has 2 aliphatic rings. The van der Waals surface area contributed by atoms with E-state index in [2.05, 4.69) is 39.4 Å². The Balaban J connectivity index is 1.01. The lowest BCUT2D eigenvalue weighted by molar-refractivity contribution is 0.0910. The quantitative estimate of drug-likeness (QED) is 0.0707. The summed E-state index contributed by atoms with van der Waals surface area (Å²) in [6, 6.07) is 44.4. The van der Waals surface area contributed by atoms with E-state index < -0.39 is 35.2 Å². The van der Waals surface area contributed by atoms with Gasteiger partial charge in [0.05, 0.1) is 45.8 Å². The second kappa shape index (κ2) is 17.7. The summed E-state index contributed by atoms with van der Waals surface area (Å²) in [5, 5.41) is 0.217. The summed E-state index contributed by atoms with van der Waals surface area (Å²) in [4.78, 5) is 68.8. The van der Waals surface area contributed by atoms with Gasteiger partial charge in [-0.3, -0.25) is 19.2 Å². The normalized spacial score (nSPS) is 13.4.